The van der Waals surface area contributed by atoms with Crippen molar-refractivity contribution in [2.45, 2.75) is 45.1 Å². The minimum atomic E-state index is -3.96. The van der Waals surface area contributed by atoms with Gasteiger partial charge >= 0.3 is 5.97 Å². The number of nitrogens with one attached hydrogen (secondary N) is 1. The lowest BCUT2D eigenvalue weighted by molar-refractivity contribution is 0.00705. The van der Waals surface area contributed by atoms with E-state index in [4.69, 9.17) is 4.74 Å². The number of rotatable bonds is 4. The fraction of sp³-hybridized carbons (Fsp3) is 0.353. The van der Waals surface area contributed by atoms with Crippen LogP contribution in [0.2, 0.25) is 0 Å². The summed E-state index contributed by atoms with van der Waals surface area (Å²) in [6.07, 6.45) is 0. The lowest BCUT2D eigenvalue weighted by Crippen LogP contribution is -2.25. The number of carbonyl (C=O) groups is 1. The van der Waals surface area contributed by atoms with Crippen LogP contribution in [0, 0.1) is 13.8 Å². The summed E-state index contributed by atoms with van der Waals surface area (Å²) in [4.78, 5) is 13.5. The fourth-order valence-electron chi connectivity index (χ4n) is 2.45. The van der Waals surface area contributed by atoms with Crippen molar-refractivity contribution >= 4 is 55.1 Å². The Morgan fingerprint density at radius 1 is 1.19 bits per heavy atom. The highest BCUT2D eigenvalue weighted by Gasteiger charge is 2.28. The number of benzene rings is 1. The molecule has 0 amide bonds. The molecule has 0 aliphatic carbocycles. The summed E-state index contributed by atoms with van der Waals surface area (Å²) in [5.41, 5.74) is 1.06. The molecule has 1 aromatic carbocycles. The van der Waals surface area contributed by atoms with E-state index < -0.39 is 21.6 Å². The average molecular weight is 426 g/mol. The van der Waals surface area contributed by atoms with E-state index in [0.717, 1.165) is 16.6 Å². The van der Waals surface area contributed by atoms with Gasteiger partial charge in [0.25, 0.3) is 10.0 Å². The molecule has 3 aromatic rings. The van der Waals surface area contributed by atoms with Crippen LogP contribution in [-0.4, -0.2) is 28.7 Å². The maximum Gasteiger partial charge on any atom is 0.341 e. The molecule has 0 spiro atoms. The van der Waals surface area contributed by atoms with Crippen molar-refractivity contribution in [2.24, 2.45) is 0 Å². The molecule has 0 atom stereocenters. The number of thiophene rings is 1. The van der Waals surface area contributed by atoms with Gasteiger partial charge in [-0.15, -0.1) is 11.3 Å². The number of esters is 1. The fourth-order valence-corrected chi connectivity index (χ4v) is 5.57. The Morgan fingerprint density at radius 3 is 2.56 bits per heavy atom. The molecule has 1 N–H and O–H groups in total. The average Bonchev–Trinajstić information content (AvgIpc) is 3.10. The van der Waals surface area contributed by atoms with Crippen molar-refractivity contribution in [3.63, 3.8) is 0 Å². The second-order valence-corrected chi connectivity index (χ2v) is 10.4. The SMILES string of the molecule is Cc1sc(NS(=O)(=O)c2cccc3nsnc23)c(C(=O)OC(C)(C)C)c1C. The molecule has 0 aliphatic heterocycles. The molecule has 7 nitrogen and oxygen atoms in total. The Morgan fingerprint density at radius 2 is 1.89 bits per heavy atom. The summed E-state index contributed by atoms with van der Waals surface area (Å²) in [6, 6.07) is 4.77. The highest BCUT2D eigenvalue weighted by Crippen LogP contribution is 2.36. The van der Waals surface area contributed by atoms with E-state index >= 15 is 0 Å². The summed E-state index contributed by atoms with van der Waals surface area (Å²) in [6.45, 7) is 8.89. The van der Waals surface area contributed by atoms with Gasteiger partial charge in [-0.1, -0.05) is 6.07 Å². The van der Waals surface area contributed by atoms with Gasteiger partial charge in [-0.3, -0.25) is 4.72 Å². The molecule has 2 heterocycles. The van der Waals surface area contributed by atoms with E-state index in [1.165, 1.54) is 17.4 Å². The minimum Gasteiger partial charge on any atom is -0.456 e. The number of sulfonamides is 1. The van der Waals surface area contributed by atoms with Crippen LogP contribution in [0.25, 0.3) is 11.0 Å². The van der Waals surface area contributed by atoms with Gasteiger partial charge in [0.15, 0.2) is 0 Å². The normalized spacial score (nSPS) is 12.3. The zero-order chi connectivity index (χ0) is 20.0. The van der Waals surface area contributed by atoms with Gasteiger partial charge < -0.3 is 4.74 Å². The Labute approximate surface area is 165 Å². The zero-order valence-corrected chi connectivity index (χ0v) is 17.9. The number of ether oxygens (including phenoxy) is 1. The highest BCUT2D eigenvalue weighted by atomic mass is 32.2. The predicted molar refractivity (Wildman–Crippen MR) is 107 cm³/mol. The van der Waals surface area contributed by atoms with Crippen molar-refractivity contribution in [1.82, 2.24) is 8.75 Å². The lowest BCUT2D eigenvalue weighted by atomic mass is 10.1. The Bertz CT molecular complexity index is 1120. The first kappa shape index (κ1) is 19.7. The molecule has 0 saturated carbocycles. The number of anilines is 1. The largest absolute Gasteiger partial charge is 0.456 e. The number of nitrogens with zero attached hydrogens (tertiary/aromatic N) is 2. The number of aromatic nitrogens is 2. The third-order valence-corrected chi connectivity index (χ3v) is 6.93. The molecule has 3 rings (SSSR count). The van der Waals surface area contributed by atoms with Gasteiger partial charge in [0.05, 0.1) is 17.3 Å². The first-order valence-corrected chi connectivity index (χ1v) is 11.1. The van der Waals surface area contributed by atoms with Gasteiger partial charge in [0, 0.05) is 4.88 Å². The molecule has 0 unspecified atom stereocenters. The third-order valence-electron chi connectivity index (χ3n) is 3.75. The highest BCUT2D eigenvalue weighted by molar-refractivity contribution is 7.93. The summed E-state index contributed by atoms with van der Waals surface area (Å²) >= 11 is 2.15. The van der Waals surface area contributed by atoms with Crippen LogP contribution in [0.5, 0.6) is 0 Å². The van der Waals surface area contributed by atoms with E-state index in [1.807, 2.05) is 6.92 Å². The summed E-state index contributed by atoms with van der Waals surface area (Å²) in [5.74, 6) is -0.560. The van der Waals surface area contributed by atoms with Gasteiger partial charge in [-0.25, -0.2) is 13.2 Å². The smallest absolute Gasteiger partial charge is 0.341 e. The van der Waals surface area contributed by atoms with Crippen LogP contribution in [0.3, 0.4) is 0 Å². The Balaban J connectivity index is 2.04. The number of carbonyl (C=O) groups excluding carboxylic acids is 1. The van der Waals surface area contributed by atoms with Gasteiger partial charge in [-0.05, 0) is 52.3 Å². The van der Waals surface area contributed by atoms with Crippen LogP contribution in [0.15, 0.2) is 23.1 Å². The monoisotopic (exact) mass is 425 g/mol. The minimum absolute atomic E-state index is 0.0209. The second-order valence-electron chi connectivity index (χ2n) is 6.98. The van der Waals surface area contributed by atoms with Crippen molar-refractivity contribution in [2.75, 3.05) is 4.72 Å². The molecule has 2 aromatic heterocycles. The van der Waals surface area contributed by atoms with Crippen molar-refractivity contribution in [3.8, 4) is 0 Å². The van der Waals surface area contributed by atoms with Crippen molar-refractivity contribution < 1.29 is 17.9 Å². The quantitative estimate of drug-likeness (QED) is 0.631. The van der Waals surface area contributed by atoms with E-state index in [9.17, 15) is 13.2 Å². The van der Waals surface area contributed by atoms with Crippen LogP contribution < -0.4 is 4.72 Å². The van der Waals surface area contributed by atoms with Crippen LogP contribution >= 0.6 is 23.1 Å². The Kier molecular flexibility index (Phi) is 5.00. The van der Waals surface area contributed by atoms with Crippen molar-refractivity contribution in [3.05, 3.63) is 34.2 Å². The lowest BCUT2D eigenvalue weighted by Gasteiger charge is -2.20. The van der Waals surface area contributed by atoms with E-state index in [0.29, 0.717) is 16.6 Å². The molecule has 10 heteroatoms. The maximum atomic E-state index is 13.0. The summed E-state index contributed by atoms with van der Waals surface area (Å²) in [7, 11) is -3.96. The van der Waals surface area contributed by atoms with Crippen molar-refractivity contribution in [1.29, 1.82) is 0 Å². The molecular formula is C17H19N3O4S3. The molecule has 0 aliphatic rings. The zero-order valence-electron chi connectivity index (χ0n) is 15.5. The van der Waals surface area contributed by atoms with Gasteiger partial charge in [0.2, 0.25) is 0 Å². The number of aryl methyl sites for hydroxylation is 1. The molecule has 0 fully saturated rings. The number of fused-ring (bicyclic) bond motifs is 1. The number of hydrogen-bond donors (Lipinski definition) is 1. The molecule has 27 heavy (non-hydrogen) atoms. The van der Waals surface area contributed by atoms with E-state index in [1.54, 1.807) is 39.8 Å². The topological polar surface area (TPSA) is 98.3 Å². The molecule has 0 bridgehead atoms. The molecule has 0 saturated heterocycles. The van der Waals surface area contributed by atoms with Gasteiger partial charge in [0.1, 0.15) is 26.5 Å². The van der Waals surface area contributed by atoms with Crippen LogP contribution in [0.1, 0.15) is 41.6 Å². The maximum absolute atomic E-state index is 13.0. The molecular weight excluding hydrogens is 406 g/mol. The standard InChI is InChI=1S/C17H19N3O4S3/c1-9-10(2)25-15(13(9)16(21)24-17(3,4)5)20-27(22,23)12-8-6-7-11-14(12)19-26-18-11/h6-8,20H,1-5H3. The Hall–Kier alpha value is -2.04. The van der Waals surface area contributed by atoms with E-state index in [2.05, 4.69) is 13.5 Å². The molecule has 0 radical (unpaired) electrons. The second kappa shape index (κ2) is 6.84. The molecule has 144 valence electrons. The van der Waals surface area contributed by atoms with Crippen LogP contribution in [0.4, 0.5) is 5.00 Å². The summed E-state index contributed by atoms with van der Waals surface area (Å²) < 4.78 is 42.1. The first-order chi connectivity index (χ1) is 12.5. The van der Waals surface area contributed by atoms with Crippen LogP contribution in [-0.2, 0) is 14.8 Å². The third kappa shape index (κ3) is 3.97. The number of hydrogen-bond acceptors (Lipinski definition) is 8. The predicted octanol–water partition coefficient (Wildman–Crippen LogP) is 4.13. The summed E-state index contributed by atoms with van der Waals surface area (Å²) in [5, 5.41) is 0.236. The van der Waals surface area contributed by atoms with E-state index in [-0.39, 0.29) is 15.5 Å². The van der Waals surface area contributed by atoms with Gasteiger partial charge in [-0.2, -0.15) is 8.75 Å². The first-order valence-electron chi connectivity index (χ1n) is 8.07.